The van der Waals surface area contributed by atoms with Gasteiger partial charge in [0.05, 0.1) is 19.6 Å². The van der Waals surface area contributed by atoms with Crippen LogP contribution in [0.5, 0.6) is 5.75 Å². The standard InChI is InChI=1S/C27H34N2O6/c1-4-5-6-16-34-22-12-10-21(11-13-22)23(30)14-15-26(33)35-18-25(32)28-17-24(31)29-27-19(2)8-7-9-20(27)3/h7-13H,4-6,14-18H2,1-3H3,(H,28,32)(H,29,31). The fourth-order valence-corrected chi connectivity index (χ4v) is 3.28. The third-order valence-electron chi connectivity index (χ3n) is 5.31. The van der Waals surface area contributed by atoms with E-state index < -0.39 is 18.5 Å². The number of hydrogen-bond donors (Lipinski definition) is 2. The predicted molar refractivity (Wildman–Crippen MR) is 134 cm³/mol. The van der Waals surface area contributed by atoms with Crippen LogP contribution in [0.3, 0.4) is 0 Å². The van der Waals surface area contributed by atoms with Crippen molar-refractivity contribution < 1.29 is 28.7 Å². The van der Waals surface area contributed by atoms with Crippen LogP contribution in [0, 0.1) is 13.8 Å². The van der Waals surface area contributed by atoms with Gasteiger partial charge in [0, 0.05) is 17.7 Å². The zero-order valence-corrected chi connectivity index (χ0v) is 20.6. The molecule has 35 heavy (non-hydrogen) atoms. The molecule has 0 bridgehead atoms. The van der Waals surface area contributed by atoms with Gasteiger partial charge in [-0.2, -0.15) is 0 Å². The Labute approximate surface area is 206 Å². The highest BCUT2D eigenvalue weighted by atomic mass is 16.5. The van der Waals surface area contributed by atoms with Gasteiger partial charge in [0.2, 0.25) is 5.91 Å². The maximum absolute atomic E-state index is 12.3. The molecule has 188 valence electrons. The third-order valence-corrected chi connectivity index (χ3v) is 5.31. The van der Waals surface area contributed by atoms with Crippen molar-refractivity contribution in [3.8, 4) is 5.75 Å². The number of esters is 1. The van der Waals surface area contributed by atoms with Crippen molar-refractivity contribution >= 4 is 29.3 Å². The Balaban J connectivity index is 1.65. The molecule has 8 heteroatoms. The van der Waals surface area contributed by atoms with Gasteiger partial charge >= 0.3 is 5.97 Å². The Kier molecular flexibility index (Phi) is 11.5. The van der Waals surface area contributed by atoms with E-state index >= 15 is 0 Å². The van der Waals surface area contributed by atoms with E-state index in [1.165, 1.54) is 0 Å². The van der Waals surface area contributed by atoms with Gasteiger partial charge in [-0.3, -0.25) is 19.2 Å². The van der Waals surface area contributed by atoms with Crippen LogP contribution < -0.4 is 15.4 Å². The van der Waals surface area contributed by atoms with E-state index in [2.05, 4.69) is 17.6 Å². The molecule has 0 heterocycles. The lowest BCUT2D eigenvalue weighted by Gasteiger charge is -2.12. The number of carbonyl (C=O) groups excluding carboxylic acids is 4. The van der Waals surface area contributed by atoms with Gasteiger partial charge in [-0.1, -0.05) is 38.0 Å². The number of amides is 2. The first-order valence-electron chi connectivity index (χ1n) is 11.8. The smallest absolute Gasteiger partial charge is 0.306 e. The van der Waals surface area contributed by atoms with Crippen molar-refractivity contribution in [2.24, 2.45) is 0 Å². The average Bonchev–Trinajstić information content (AvgIpc) is 2.85. The monoisotopic (exact) mass is 482 g/mol. The minimum Gasteiger partial charge on any atom is -0.494 e. The molecule has 2 aromatic rings. The summed E-state index contributed by atoms with van der Waals surface area (Å²) in [6.45, 7) is 5.75. The zero-order chi connectivity index (χ0) is 25.6. The quantitative estimate of drug-likeness (QED) is 0.238. The van der Waals surface area contributed by atoms with E-state index in [1.807, 2.05) is 32.0 Å². The molecular formula is C27H34N2O6. The van der Waals surface area contributed by atoms with Crippen LogP contribution in [0.25, 0.3) is 0 Å². The normalized spacial score (nSPS) is 10.4. The molecule has 2 amide bonds. The first-order valence-corrected chi connectivity index (χ1v) is 11.8. The topological polar surface area (TPSA) is 111 Å². The first kappa shape index (κ1) is 27.6. The molecule has 0 spiro atoms. The van der Waals surface area contributed by atoms with E-state index in [-0.39, 0.29) is 31.1 Å². The molecule has 2 N–H and O–H groups in total. The number of benzene rings is 2. The number of ether oxygens (including phenoxy) is 2. The highest BCUT2D eigenvalue weighted by Crippen LogP contribution is 2.19. The number of nitrogens with one attached hydrogen (secondary N) is 2. The summed E-state index contributed by atoms with van der Waals surface area (Å²) >= 11 is 0. The largest absolute Gasteiger partial charge is 0.494 e. The van der Waals surface area contributed by atoms with Crippen molar-refractivity contribution in [1.29, 1.82) is 0 Å². The lowest BCUT2D eigenvalue weighted by atomic mass is 10.1. The molecule has 0 radical (unpaired) electrons. The van der Waals surface area contributed by atoms with Gasteiger partial charge in [-0.05, 0) is 55.7 Å². The van der Waals surface area contributed by atoms with E-state index in [0.29, 0.717) is 23.6 Å². The van der Waals surface area contributed by atoms with Gasteiger partial charge in [-0.25, -0.2) is 0 Å². The Hall–Kier alpha value is -3.68. The second-order valence-electron chi connectivity index (χ2n) is 8.26. The molecule has 0 saturated heterocycles. The minimum atomic E-state index is -0.663. The van der Waals surface area contributed by atoms with Crippen molar-refractivity contribution in [2.75, 3.05) is 25.1 Å². The molecule has 2 aromatic carbocycles. The molecule has 0 aliphatic carbocycles. The SMILES string of the molecule is CCCCCOc1ccc(C(=O)CCC(=O)OCC(=O)NCC(=O)Nc2c(C)cccc2C)cc1. The second kappa shape index (κ2) is 14.6. The van der Waals surface area contributed by atoms with Gasteiger partial charge < -0.3 is 20.1 Å². The van der Waals surface area contributed by atoms with Crippen LogP contribution in [0.4, 0.5) is 5.69 Å². The minimum absolute atomic E-state index is 0.0324. The number of carbonyl (C=O) groups is 4. The average molecular weight is 483 g/mol. The summed E-state index contributed by atoms with van der Waals surface area (Å²) in [7, 11) is 0. The Morgan fingerprint density at radius 2 is 1.54 bits per heavy atom. The highest BCUT2D eigenvalue weighted by Gasteiger charge is 2.13. The summed E-state index contributed by atoms with van der Waals surface area (Å²) in [5, 5.41) is 5.17. The fourth-order valence-electron chi connectivity index (χ4n) is 3.28. The van der Waals surface area contributed by atoms with Crippen molar-refractivity contribution in [2.45, 2.75) is 52.9 Å². The van der Waals surface area contributed by atoms with Crippen LogP contribution in [0.15, 0.2) is 42.5 Å². The lowest BCUT2D eigenvalue weighted by Crippen LogP contribution is -2.35. The molecule has 0 saturated carbocycles. The number of ketones is 1. The number of aryl methyl sites for hydroxylation is 2. The maximum Gasteiger partial charge on any atom is 0.306 e. The Morgan fingerprint density at radius 3 is 2.20 bits per heavy atom. The number of anilines is 1. The van der Waals surface area contributed by atoms with Crippen LogP contribution >= 0.6 is 0 Å². The van der Waals surface area contributed by atoms with Crippen LogP contribution in [-0.4, -0.2) is 43.3 Å². The summed E-state index contributed by atoms with van der Waals surface area (Å²) in [4.78, 5) is 48.2. The van der Waals surface area contributed by atoms with Gasteiger partial charge in [-0.15, -0.1) is 0 Å². The predicted octanol–water partition coefficient (Wildman–Crippen LogP) is 4.13. The second-order valence-corrected chi connectivity index (χ2v) is 8.26. The fraction of sp³-hybridized carbons (Fsp3) is 0.407. The van der Waals surface area contributed by atoms with Gasteiger partial charge in [0.15, 0.2) is 12.4 Å². The van der Waals surface area contributed by atoms with E-state index in [1.54, 1.807) is 24.3 Å². The van der Waals surface area contributed by atoms with Gasteiger partial charge in [0.25, 0.3) is 5.91 Å². The summed E-state index contributed by atoms with van der Waals surface area (Å²) in [5.41, 5.74) is 3.02. The summed E-state index contributed by atoms with van der Waals surface area (Å²) < 4.78 is 10.5. The third kappa shape index (κ3) is 10.00. The van der Waals surface area contributed by atoms with Crippen molar-refractivity contribution in [3.05, 3.63) is 59.2 Å². The molecular weight excluding hydrogens is 448 g/mol. The number of unbranched alkanes of at least 4 members (excludes halogenated alkanes) is 2. The van der Waals surface area contributed by atoms with E-state index in [0.717, 1.165) is 30.4 Å². The molecule has 0 atom stereocenters. The van der Waals surface area contributed by atoms with E-state index in [4.69, 9.17) is 9.47 Å². The summed E-state index contributed by atoms with van der Waals surface area (Å²) in [6, 6.07) is 12.5. The first-order chi connectivity index (χ1) is 16.8. The van der Waals surface area contributed by atoms with E-state index in [9.17, 15) is 19.2 Å². The number of Topliss-reactive ketones (excluding diaryl/α,β-unsaturated/α-hetero) is 1. The Morgan fingerprint density at radius 1 is 0.857 bits per heavy atom. The Bertz CT molecular complexity index is 997. The number of rotatable bonds is 14. The molecule has 8 nitrogen and oxygen atoms in total. The maximum atomic E-state index is 12.3. The summed E-state index contributed by atoms with van der Waals surface area (Å²) in [5.74, 6) is -1.15. The molecule has 0 fully saturated rings. The highest BCUT2D eigenvalue weighted by molar-refractivity contribution is 5.98. The number of hydrogen-bond acceptors (Lipinski definition) is 6. The van der Waals surface area contributed by atoms with Crippen molar-refractivity contribution in [1.82, 2.24) is 5.32 Å². The van der Waals surface area contributed by atoms with Crippen molar-refractivity contribution in [3.63, 3.8) is 0 Å². The molecule has 0 aliphatic heterocycles. The zero-order valence-electron chi connectivity index (χ0n) is 20.6. The summed E-state index contributed by atoms with van der Waals surface area (Å²) in [6.07, 6.45) is 3.04. The molecule has 0 aromatic heterocycles. The van der Waals surface area contributed by atoms with Crippen LogP contribution in [0.1, 0.15) is 60.5 Å². The molecule has 0 aliphatic rings. The lowest BCUT2D eigenvalue weighted by molar-refractivity contribution is -0.148. The molecule has 2 rings (SSSR count). The van der Waals surface area contributed by atoms with Crippen LogP contribution in [0.2, 0.25) is 0 Å². The molecule has 0 unspecified atom stereocenters. The van der Waals surface area contributed by atoms with Crippen LogP contribution in [-0.2, 0) is 19.1 Å². The number of para-hydroxylation sites is 1. The van der Waals surface area contributed by atoms with Gasteiger partial charge in [0.1, 0.15) is 5.75 Å².